The Kier molecular flexibility index (Phi) is 13.1. The lowest BCUT2D eigenvalue weighted by Crippen LogP contribution is -1.85. The Morgan fingerprint density at radius 2 is 2.00 bits per heavy atom. The first kappa shape index (κ1) is 16.9. The molecule has 0 N–H and O–H groups in total. The van der Waals surface area contributed by atoms with Gasteiger partial charge in [0.1, 0.15) is 0 Å². The Bertz CT molecular complexity index is 236. The molecule has 0 saturated carbocycles. The molecular weight excluding hydrogens is 202 g/mol. The molecule has 1 heterocycles. The Morgan fingerprint density at radius 3 is 2.53 bits per heavy atom. The molecule has 0 aliphatic rings. The van der Waals surface area contributed by atoms with Crippen molar-refractivity contribution in [2.45, 2.75) is 53.0 Å². The molecule has 0 radical (unpaired) electrons. The highest BCUT2D eigenvalue weighted by atomic mass is 32.2. The van der Waals surface area contributed by atoms with Gasteiger partial charge in [-0.15, -0.1) is 11.8 Å². The van der Waals surface area contributed by atoms with Crippen LogP contribution < -0.4 is 0 Å². The summed E-state index contributed by atoms with van der Waals surface area (Å²) < 4.78 is 0. The average molecular weight is 227 g/mol. The molecule has 1 rings (SSSR count). The molecule has 0 atom stereocenters. The fourth-order valence-corrected chi connectivity index (χ4v) is 1.99. The van der Waals surface area contributed by atoms with E-state index in [4.69, 9.17) is 0 Å². The number of thioether (sulfide) groups is 1. The minimum absolute atomic E-state index is 0. The molecular formula is C13H25NS. The van der Waals surface area contributed by atoms with E-state index < -0.39 is 0 Å². The van der Waals surface area contributed by atoms with Crippen LogP contribution in [-0.4, -0.2) is 10.7 Å². The summed E-state index contributed by atoms with van der Waals surface area (Å²) >= 11 is 1.86. The summed E-state index contributed by atoms with van der Waals surface area (Å²) in [4.78, 5) is 4.31. The van der Waals surface area contributed by atoms with Crippen LogP contribution in [0.3, 0.4) is 0 Å². The number of rotatable bonds is 4. The molecule has 15 heavy (non-hydrogen) atoms. The van der Waals surface area contributed by atoms with Crippen LogP contribution >= 0.6 is 11.8 Å². The first-order valence-corrected chi connectivity index (χ1v) is 6.37. The number of hydrogen-bond donors (Lipinski definition) is 0. The predicted octanol–water partition coefficient (Wildman–Crippen LogP) is 4.94. The average Bonchev–Trinajstić information content (AvgIpc) is 2.24. The van der Waals surface area contributed by atoms with Crippen molar-refractivity contribution >= 4 is 11.8 Å². The topological polar surface area (TPSA) is 12.9 Å². The fraction of sp³-hybridized carbons (Fsp3) is 0.615. The Morgan fingerprint density at radius 1 is 1.33 bits per heavy atom. The molecule has 0 fully saturated rings. The molecule has 0 aliphatic carbocycles. The van der Waals surface area contributed by atoms with Gasteiger partial charge in [-0.25, -0.2) is 4.98 Å². The van der Waals surface area contributed by atoms with Gasteiger partial charge in [0.05, 0.1) is 5.03 Å². The van der Waals surface area contributed by atoms with Crippen molar-refractivity contribution in [2.24, 2.45) is 0 Å². The predicted molar refractivity (Wildman–Crippen MR) is 72.7 cm³/mol. The molecule has 0 aliphatic heterocycles. The summed E-state index contributed by atoms with van der Waals surface area (Å²) in [6.07, 6.45) is 4.40. The van der Waals surface area contributed by atoms with Gasteiger partial charge in [0.25, 0.3) is 0 Å². The molecule has 88 valence electrons. The summed E-state index contributed by atoms with van der Waals surface area (Å²) in [5, 5.41) is 1.19. The van der Waals surface area contributed by atoms with Crippen LogP contribution in [0.1, 0.15) is 46.6 Å². The van der Waals surface area contributed by atoms with Crippen LogP contribution in [0.2, 0.25) is 0 Å². The summed E-state index contributed by atoms with van der Waals surface area (Å²) in [5.74, 6) is 1.19. The van der Waals surface area contributed by atoms with Crippen molar-refractivity contribution in [3.8, 4) is 0 Å². The third-order valence-corrected chi connectivity index (χ3v) is 2.89. The highest BCUT2D eigenvalue weighted by molar-refractivity contribution is 7.99. The van der Waals surface area contributed by atoms with E-state index in [9.17, 15) is 0 Å². The van der Waals surface area contributed by atoms with E-state index in [1.165, 1.54) is 29.2 Å². The minimum atomic E-state index is 0. The number of hydrogen-bond acceptors (Lipinski definition) is 2. The monoisotopic (exact) mass is 227 g/mol. The molecule has 1 aromatic rings. The number of pyridine rings is 1. The maximum atomic E-state index is 4.31. The Labute approximate surface area is 99.7 Å². The van der Waals surface area contributed by atoms with Crippen molar-refractivity contribution in [1.29, 1.82) is 0 Å². The van der Waals surface area contributed by atoms with Gasteiger partial charge < -0.3 is 0 Å². The Balaban J connectivity index is 0. The molecule has 0 amide bonds. The molecule has 0 bridgehead atoms. The maximum absolute atomic E-state index is 4.31. The maximum Gasteiger partial charge on any atom is 0.0988 e. The van der Waals surface area contributed by atoms with Gasteiger partial charge in [-0.2, -0.15) is 0 Å². The SMILES string of the molecule is C.CC.CCCCSc1ncccc1C. The smallest absolute Gasteiger partial charge is 0.0988 e. The molecule has 0 spiro atoms. The van der Waals surface area contributed by atoms with Crippen molar-refractivity contribution in [3.63, 3.8) is 0 Å². The first-order valence-electron chi connectivity index (χ1n) is 5.39. The van der Waals surface area contributed by atoms with Crippen LogP contribution in [0.15, 0.2) is 23.4 Å². The van der Waals surface area contributed by atoms with Gasteiger partial charge in [0, 0.05) is 6.20 Å². The van der Waals surface area contributed by atoms with Crippen LogP contribution in [0.5, 0.6) is 0 Å². The standard InChI is InChI=1S/C10H15NS.C2H6.CH4/c1-3-4-8-12-10-9(2)6-5-7-11-10;1-2;/h5-7H,3-4,8H2,1-2H3;1-2H3;1H4. The van der Waals surface area contributed by atoms with Crippen molar-refractivity contribution in [3.05, 3.63) is 23.9 Å². The van der Waals surface area contributed by atoms with E-state index in [0.29, 0.717) is 0 Å². The van der Waals surface area contributed by atoms with Crippen LogP contribution in [-0.2, 0) is 0 Å². The summed E-state index contributed by atoms with van der Waals surface area (Å²) in [6.45, 7) is 8.33. The number of nitrogens with zero attached hydrogens (tertiary/aromatic N) is 1. The van der Waals surface area contributed by atoms with Gasteiger partial charge in [-0.3, -0.25) is 0 Å². The van der Waals surface area contributed by atoms with Crippen molar-refractivity contribution in [2.75, 3.05) is 5.75 Å². The molecule has 1 nitrogen and oxygen atoms in total. The highest BCUT2D eigenvalue weighted by Crippen LogP contribution is 2.19. The van der Waals surface area contributed by atoms with Gasteiger partial charge in [-0.1, -0.05) is 40.7 Å². The van der Waals surface area contributed by atoms with E-state index in [1.807, 2.05) is 37.9 Å². The largest absolute Gasteiger partial charge is 0.250 e. The summed E-state index contributed by atoms with van der Waals surface area (Å²) in [7, 11) is 0. The lowest BCUT2D eigenvalue weighted by Gasteiger charge is -2.01. The number of aryl methyl sites for hydroxylation is 1. The highest BCUT2D eigenvalue weighted by Gasteiger charge is 1.97. The summed E-state index contributed by atoms with van der Waals surface area (Å²) in [6, 6.07) is 4.10. The van der Waals surface area contributed by atoms with E-state index >= 15 is 0 Å². The minimum Gasteiger partial charge on any atom is -0.250 e. The molecule has 0 aromatic carbocycles. The third kappa shape index (κ3) is 7.43. The third-order valence-electron chi connectivity index (χ3n) is 1.70. The van der Waals surface area contributed by atoms with E-state index in [0.717, 1.165) is 0 Å². The van der Waals surface area contributed by atoms with Gasteiger partial charge in [0.15, 0.2) is 0 Å². The number of unbranched alkanes of at least 4 members (excludes halogenated alkanes) is 1. The normalized spacial score (nSPS) is 8.53. The molecule has 0 unspecified atom stereocenters. The lowest BCUT2D eigenvalue weighted by molar-refractivity contribution is 0.894. The molecule has 1 aromatic heterocycles. The zero-order chi connectivity index (χ0) is 10.8. The zero-order valence-corrected chi connectivity index (χ0v) is 10.5. The zero-order valence-electron chi connectivity index (χ0n) is 9.71. The van der Waals surface area contributed by atoms with Crippen LogP contribution in [0.4, 0.5) is 0 Å². The fourth-order valence-electron chi connectivity index (χ4n) is 0.935. The van der Waals surface area contributed by atoms with Gasteiger partial charge in [0.2, 0.25) is 0 Å². The van der Waals surface area contributed by atoms with Crippen LogP contribution in [0.25, 0.3) is 0 Å². The molecule has 2 heteroatoms. The second-order valence-corrected chi connectivity index (χ2v) is 3.91. The molecule has 0 saturated heterocycles. The summed E-state index contributed by atoms with van der Waals surface area (Å²) in [5.41, 5.74) is 1.29. The second-order valence-electron chi connectivity index (χ2n) is 2.83. The quantitative estimate of drug-likeness (QED) is 0.533. The van der Waals surface area contributed by atoms with E-state index in [1.54, 1.807) is 0 Å². The van der Waals surface area contributed by atoms with Crippen LogP contribution in [0, 0.1) is 6.92 Å². The number of aromatic nitrogens is 1. The van der Waals surface area contributed by atoms with Crippen molar-refractivity contribution < 1.29 is 0 Å². The van der Waals surface area contributed by atoms with Gasteiger partial charge >= 0.3 is 0 Å². The second kappa shape index (κ2) is 11.6. The van der Waals surface area contributed by atoms with Gasteiger partial charge in [-0.05, 0) is 30.7 Å². The lowest BCUT2D eigenvalue weighted by atomic mass is 10.3. The van der Waals surface area contributed by atoms with Crippen molar-refractivity contribution in [1.82, 2.24) is 4.98 Å². The Hall–Kier alpha value is -0.500. The van der Waals surface area contributed by atoms with E-state index in [-0.39, 0.29) is 7.43 Å². The van der Waals surface area contributed by atoms with E-state index in [2.05, 4.69) is 24.9 Å². The first-order chi connectivity index (χ1) is 6.84.